The summed E-state index contributed by atoms with van der Waals surface area (Å²) in [5, 5.41) is 0.529. The van der Waals surface area contributed by atoms with Gasteiger partial charge in [-0.3, -0.25) is 4.79 Å². The van der Waals surface area contributed by atoms with Crippen molar-refractivity contribution in [2.45, 2.75) is 19.9 Å². The molecule has 2 aromatic rings. The van der Waals surface area contributed by atoms with Crippen molar-refractivity contribution >= 4 is 22.9 Å². The van der Waals surface area contributed by atoms with E-state index in [1.54, 1.807) is 14.2 Å². The Kier molecular flexibility index (Phi) is 5.13. The van der Waals surface area contributed by atoms with Crippen LogP contribution in [0, 0.1) is 6.92 Å². The molecular weight excluding hydrogens is 338 g/mol. The Morgan fingerprint density at radius 2 is 2.00 bits per heavy atom. The number of thiazole rings is 1. The second-order valence-electron chi connectivity index (χ2n) is 6.06. The number of carbonyl (C=O) groups excluding carboxylic acids is 1. The molecule has 0 spiro atoms. The molecular formula is C18H23N3O3S. The van der Waals surface area contributed by atoms with E-state index in [2.05, 4.69) is 22.9 Å². The Labute approximate surface area is 152 Å². The number of carbonyl (C=O) groups is 1. The van der Waals surface area contributed by atoms with Crippen LogP contribution in [0.15, 0.2) is 24.3 Å². The SMILES string of the molecule is COc1nc(C)c(C(=O)N2CCN(c3ccccc3OC)C[C@@H]2C)s1. The molecule has 1 saturated heterocycles. The second-order valence-corrected chi connectivity index (χ2v) is 7.03. The van der Waals surface area contributed by atoms with Crippen molar-refractivity contribution < 1.29 is 14.3 Å². The predicted octanol–water partition coefficient (Wildman–Crippen LogP) is 2.82. The Balaban J connectivity index is 1.75. The van der Waals surface area contributed by atoms with Crippen LogP contribution in [-0.4, -0.2) is 55.7 Å². The van der Waals surface area contributed by atoms with Gasteiger partial charge in [0, 0.05) is 25.7 Å². The quantitative estimate of drug-likeness (QED) is 0.838. The van der Waals surface area contributed by atoms with E-state index in [-0.39, 0.29) is 11.9 Å². The summed E-state index contributed by atoms with van der Waals surface area (Å²) in [4.78, 5) is 22.1. The van der Waals surface area contributed by atoms with Gasteiger partial charge in [-0.05, 0) is 26.0 Å². The zero-order chi connectivity index (χ0) is 18.0. The van der Waals surface area contributed by atoms with Crippen LogP contribution in [0.25, 0.3) is 0 Å². The zero-order valence-electron chi connectivity index (χ0n) is 15.0. The second kappa shape index (κ2) is 7.31. The van der Waals surface area contributed by atoms with E-state index in [0.29, 0.717) is 16.6 Å². The number of aromatic nitrogens is 1. The van der Waals surface area contributed by atoms with Crippen LogP contribution in [0.3, 0.4) is 0 Å². The van der Waals surface area contributed by atoms with E-state index in [1.165, 1.54) is 11.3 Å². The van der Waals surface area contributed by atoms with E-state index in [4.69, 9.17) is 9.47 Å². The average Bonchev–Trinajstić information content (AvgIpc) is 3.02. The minimum absolute atomic E-state index is 0.0328. The highest BCUT2D eigenvalue weighted by atomic mass is 32.1. The standard InChI is InChI=1S/C18H23N3O3S/c1-12-11-20(14-7-5-6-8-15(14)23-3)9-10-21(12)17(22)16-13(2)19-18(24-4)25-16/h5-8,12H,9-11H2,1-4H3/t12-/m0/s1. The van der Waals surface area contributed by atoms with Gasteiger partial charge < -0.3 is 19.3 Å². The minimum atomic E-state index is 0.0328. The Morgan fingerprint density at radius 3 is 2.64 bits per heavy atom. The summed E-state index contributed by atoms with van der Waals surface area (Å²) in [6, 6.07) is 8.09. The third-order valence-corrected chi connectivity index (χ3v) is 5.57. The number of para-hydroxylation sites is 2. The van der Waals surface area contributed by atoms with E-state index >= 15 is 0 Å². The summed E-state index contributed by atoms with van der Waals surface area (Å²) < 4.78 is 10.6. The first-order chi connectivity index (χ1) is 12.0. The van der Waals surface area contributed by atoms with Crippen molar-refractivity contribution in [1.82, 2.24) is 9.88 Å². The third-order valence-electron chi connectivity index (χ3n) is 4.46. The number of aryl methyl sites for hydroxylation is 1. The van der Waals surface area contributed by atoms with E-state index in [9.17, 15) is 4.79 Å². The van der Waals surface area contributed by atoms with E-state index < -0.39 is 0 Å². The first-order valence-corrected chi connectivity index (χ1v) is 9.07. The third kappa shape index (κ3) is 3.42. The zero-order valence-corrected chi connectivity index (χ0v) is 15.8. The normalized spacial score (nSPS) is 17.5. The summed E-state index contributed by atoms with van der Waals surface area (Å²) >= 11 is 1.31. The predicted molar refractivity (Wildman–Crippen MR) is 99.1 cm³/mol. The van der Waals surface area contributed by atoms with Gasteiger partial charge in [-0.1, -0.05) is 23.5 Å². The van der Waals surface area contributed by atoms with Crippen LogP contribution in [0.5, 0.6) is 10.9 Å². The van der Waals surface area contributed by atoms with Crippen molar-refractivity contribution in [2.24, 2.45) is 0 Å². The molecule has 25 heavy (non-hydrogen) atoms. The highest BCUT2D eigenvalue weighted by Gasteiger charge is 2.31. The van der Waals surface area contributed by atoms with E-state index in [0.717, 1.165) is 30.2 Å². The molecule has 1 aliphatic rings. The Morgan fingerprint density at radius 1 is 1.24 bits per heavy atom. The number of hydrogen-bond donors (Lipinski definition) is 0. The molecule has 0 radical (unpaired) electrons. The molecule has 6 nitrogen and oxygen atoms in total. The van der Waals surface area contributed by atoms with Gasteiger partial charge >= 0.3 is 0 Å². The summed E-state index contributed by atoms with van der Waals surface area (Å²) in [5.41, 5.74) is 1.80. The van der Waals surface area contributed by atoms with Crippen molar-refractivity contribution in [3.8, 4) is 10.9 Å². The minimum Gasteiger partial charge on any atom is -0.495 e. The molecule has 1 aromatic carbocycles. The van der Waals surface area contributed by atoms with Crippen LogP contribution >= 0.6 is 11.3 Å². The summed E-state index contributed by atoms with van der Waals surface area (Å²) in [7, 11) is 3.25. The lowest BCUT2D eigenvalue weighted by Crippen LogP contribution is -2.54. The van der Waals surface area contributed by atoms with Crippen molar-refractivity contribution in [3.63, 3.8) is 0 Å². The number of benzene rings is 1. The van der Waals surface area contributed by atoms with Crippen molar-refractivity contribution in [2.75, 3.05) is 38.8 Å². The molecule has 0 aliphatic carbocycles. The highest BCUT2D eigenvalue weighted by molar-refractivity contribution is 7.15. The van der Waals surface area contributed by atoms with Gasteiger partial charge in [-0.15, -0.1) is 0 Å². The molecule has 3 rings (SSSR count). The fraction of sp³-hybridized carbons (Fsp3) is 0.444. The number of hydrogen-bond acceptors (Lipinski definition) is 6. The first kappa shape index (κ1) is 17.5. The largest absolute Gasteiger partial charge is 0.495 e. The maximum absolute atomic E-state index is 12.9. The van der Waals surface area contributed by atoms with Gasteiger partial charge in [-0.2, -0.15) is 0 Å². The number of ether oxygens (including phenoxy) is 2. The molecule has 0 bridgehead atoms. The first-order valence-electron chi connectivity index (χ1n) is 8.25. The smallest absolute Gasteiger partial charge is 0.273 e. The topological polar surface area (TPSA) is 54.9 Å². The fourth-order valence-corrected chi connectivity index (χ4v) is 4.00. The maximum atomic E-state index is 12.9. The molecule has 1 amide bonds. The Bertz CT molecular complexity index is 762. The highest BCUT2D eigenvalue weighted by Crippen LogP contribution is 2.31. The van der Waals surface area contributed by atoms with Gasteiger partial charge in [-0.25, -0.2) is 4.98 Å². The number of anilines is 1. The molecule has 7 heteroatoms. The van der Waals surface area contributed by atoms with Gasteiger partial charge in [0.25, 0.3) is 11.1 Å². The number of nitrogens with zero attached hydrogens (tertiary/aromatic N) is 3. The Hall–Kier alpha value is -2.28. The molecule has 0 unspecified atom stereocenters. The number of rotatable bonds is 4. The molecule has 0 saturated carbocycles. The molecule has 1 aromatic heterocycles. The molecule has 1 aliphatic heterocycles. The average molecular weight is 361 g/mol. The van der Waals surface area contributed by atoms with Crippen molar-refractivity contribution in [3.05, 3.63) is 34.8 Å². The van der Waals surface area contributed by atoms with Gasteiger partial charge in [0.2, 0.25) is 0 Å². The summed E-state index contributed by atoms with van der Waals surface area (Å²) in [6.07, 6.45) is 0. The van der Waals surface area contributed by atoms with Crippen molar-refractivity contribution in [1.29, 1.82) is 0 Å². The lowest BCUT2D eigenvalue weighted by Gasteiger charge is -2.41. The summed E-state index contributed by atoms with van der Waals surface area (Å²) in [5.74, 6) is 0.892. The lowest BCUT2D eigenvalue weighted by atomic mass is 10.1. The number of piperazine rings is 1. The van der Waals surface area contributed by atoms with Gasteiger partial charge in [0.1, 0.15) is 10.6 Å². The van der Waals surface area contributed by atoms with Gasteiger partial charge in [0.15, 0.2) is 0 Å². The van der Waals surface area contributed by atoms with Gasteiger partial charge in [0.05, 0.1) is 25.6 Å². The monoisotopic (exact) mass is 361 g/mol. The number of amides is 1. The molecule has 0 N–H and O–H groups in total. The van der Waals surface area contributed by atoms with Crippen LogP contribution in [0.1, 0.15) is 22.3 Å². The molecule has 1 fully saturated rings. The number of methoxy groups -OCH3 is 2. The van der Waals surface area contributed by atoms with Crippen LogP contribution in [-0.2, 0) is 0 Å². The summed E-state index contributed by atoms with van der Waals surface area (Å²) in [6.45, 7) is 6.12. The molecule has 134 valence electrons. The van der Waals surface area contributed by atoms with Crippen LogP contribution in [0.4, 0.5) is 5.69 Å². The fourth-order valence-electron chi connectivity index (χ4n) is 3.16. The molecule has 1 atom stereocenters. The maximum Gasteiger partial charge on any atom is 0.273 e. The molecule has 2 heterocycles. The van der Waals surface area contributed by atoms with Crippen LogP contribution in [0.2, 0.25) is 0 Å². The lowest BCUT2D eigenvalue weighted by molar-refractivity contribution is 0.0678. The van der Waals surface area contributed by atoms with E-state index in [1.807, 2.05) is 30.0 Å². The van der Waals surface area contributed by atoms with Crippen LogP contribution < -0.4 is 14.4 Å².